The lowest BCUT2D eigenvalue weighted by atomic mass is 9.74. The molecule has 0 atom stereocenters. The minimum absolute atomic E-state index is 0.149. The first-order valence-corrected chi connectivity index (χ1v) is 12.1. The van der Waals surface area contributed by atoms with Crippen molar-refractivity contribution in [3.8, 4) is 6.07 Å². The first-order chi connectivity index (χ1) is 14.7. The fourth-order valence-corrected chi connectivity index (χ4v) is 5.70. The van der Waals surface area contributed by atoms with Crippen LogP contribution in [-0.4, -0.2) is 0 Å². The Kier molecular flexibility index (Phi) is 9.37. The standard InChI is InChI=1S/C27H37F2N/c28-18-4-2-1-3-5-21-6-8-22(9-7-21)10-11-23-12-14-24(15-13-23)25-16-17-26(20-30)27(29)19-25/h4,16-19,21-24H,1-3,5-15H2/t21-,22-,23-,24-. The van der Waals surface area contributed by atoms with Crippen molar-refractivity contribution in [1.82, 2.24) is 0 Å². The van der Waals surface area contributed by atoms with Crippen molar-refractivity contribution < 1.29 is 8.78 Å². The first-order valence-electron chi connectivity index (χ1n) is 12.1. The van der Waals surface area contributed by atoms with E-state index in [9.17, 15) is 8.78 Å². The van der Waals surface area contributed by atoms with E-state index in [1.807, 2.05) is 12.1 Å². The van der Waals surface area contributed by atoms with Crippen LogP contribution in [0, 0.1) is 34.9 Å². The summed E-state index contributed by atoms with van der Waals surface area (Å²) in [7, 11) is 0. The Hall–Kier alpha value is -1.69. The van der Waals surface area contributed by atoms with Crippen molar-refractivity contribution >= 4 is 0 Å². The Bertz CT molecular complexity index is 704. The number of hydrogen-bond donors (Lipinski definition) is 0. The van der Waals surface area contributed by atoms with Gasteiger partial charge >= 0.3 is 0 Å². The molecule has 164 valence electrons. The average Bonchev–Trinajstić information content (AvgIpc) is 2.78. The lowest BCUT2D eigenvalue weighted by molar-refractivity contribution is 0.222. The lowest BCUT2D eigenvalue weighted by Crippen LogP contribution is -2.18. The van der Waals surface area contributed by atoms with Crippen LogP contribution in [0.25, 0.3) is 0 Å². The number of hydrogen-bond acceptors (Lipinski definition) is 1. The van der Waals surface area contributed by atoms with E-state index in [0.717, 1.165) is 49.0 Å². The molecule has 0 radical (unpaired) electrons. The molecule has 0 bridgehead atoms. The van der Waals surface area contributed by atoms with E-state index in [1.54, 1.807) is 18.2 Å². The van der Waals surface area contributed by atoms with E-state index in [1.165, 1.54) is 64.2 Å². The summed E-state index contributed by atoms with van der Waals surface area (Å²) < 4.78 is 25.9. The smallest absolute Gasteiger partial charge is 0.141 e. The van der Waals surface area contributed by atoms with Crippen LogP contribution in [0.5, 0.6) is 0 Å². The van der Waals surface area contributed by atoms with E-state index in [-0.39, 0.29) is 11.4 Å². The van der Waals surface area contributed by atoms with Crippen LogP contribution in [-0.2, 0) is 0 Å². The molecule has 2 fully saturated rings. The quantitative estimate of drug-likeness (QED) is 0.372. The summed E-state index contributed by atoms with van der Waals surface area (Å²) in [6, 6.07) is 7.07. The van der Waals surface area contributed by atoms with Gasteiger partial charge in [0, 0.05) is 0 Å². The zero-order valence-corrected chi connectivity index (χ0v) is 18.3. The van der Waals surface area contributed by atoms with E-state index in [2.05, 4.69) is 0 Å². The van der Waals surface area contributed by atoms with Crippen molar-refractivity contribution in [1.29, 1.82) is 5.26 Å². The summed E-state index contributed by atoms with van der Waals surface area (Å²) in [6.07, 6.45) is 20.0. The van der Waals surface area contributed by atoms with E-state index in [0.29, 0.717) is 12.2 Å². The summed E-state index contributed by atoms with van der Waals surface area (Å²) in [6.45, 7) is 0. The average molecular weight is 414 g/mol. The molecular weight excluding hydrogens is 376 g/mol. The molecule has 3 heteroatoms. The first kappa shape index (κ1) is 23.0. The second-order valence-electron chi connectivity index (χ2n) is 9.68. The van der Waals surface area contributed by atoms with E-state index in [4.69, 9.17) is 5.26 Å². The van der Waals surface area contributed by atoms with Gasteiger partial charge in [-0.1, -0.05) is 63.5 Å². The molecule has 0 heterocycles. The fourth-order valence-electron chi connectivity index (χ4n) is 5.70. The third-order valence-electron chi connectivity index (χ3n) is 7.70. The molecule has 2 aliphatic rings. The molecule has 0 aromatic heterocycles. The van der Waals surface area contributed by atoms with Crippen LogP contribution in [0.15, 0.2) is 30.6 Å². The van der Waals surface area contributed by atoms with Crippen molar-refractivity contribution in [2.24, 2.45) is 17.8 Å². The molecule has 1 aromatic carbocycles. The fraction of sp³-hybridized carbons (Fsp3) is 0.667. The minimum atomic E-state index is -0.371. The third kappa shape index (κ3) is 6.93. The topological polar surface area (TPSA) is 23.8 Å². The van der Waals surface area contributed by atoms with Crippen molar-refractivity contribution in [2.75, 3.05) is 0 Å². The maximum absolute atomic E-state index is 13.9. The van der Waals surface area contributed by atoms with Crippen LogP contribution in [0.2, 0.25) is 0 Å². The van der Waals surface area contributed by atoms with Gasteiger partial charge in [-0.3, -0.25) is 0 Å². The molecule has 0 N–H and O–H groups in total. The zero-order valence-electron chi connectivity index (χ0n) is 18.3. The normalized spacial score (nSPS) is 27.2. The summed E-state index contributed by atoms with van der Waals surface area (Å²) in [5, 5.41) is 8.90. The van der Waals surface area contributed by atoms with Gasteiger partial charge in [-0.05, 0) is 79.9 Å². The van der Waals surface area contributed by atoms with Crippen molar-refractivity contribution in [3.63, 3.8) is 0 Å². The van der Waals surface area contributed by atoms with Gasteiger partial charge in [0.1, 0.15) is 11.9 Å². The summed E-state index contributed by atoms with van der Waals surface area (Å²) in [4.78, 5) is 0. The highest BCUT2D eigenvalue weighted by Gasteiger charge is 2.25. The minimum Gasteiger partial charge on any atom is -0.216 e. The Morgan fingerprint density at radius 2 is 1.47 bits per heavy atom. The molecule has 0 aliphatic heterocycles. The van der Waals surface area contributed by atoms with Crippen LogP contribution >= 0.6 is 0 Å². The molecule has 2 aliphatic carbocycles. The monoisotopic (exact) mass is 413 g/mol. The number of allylic oxidation sites excluding steroid dienone is 1. The van der Waals surface area contributed by atoms with Gasteiger partial charge in [-0.2, -0.15) is 5.26 Å². The van der Waals surface area contributed by atoms with Gasteiger partial charge in [0.15, 0.2) is 0 Å². The number of halogens is 2. The van der Waals surface area contributed by atoms with Crippen LogP contribution in [0.3, 0.4) is 0 Å². The predicted octanol–water partition coefficient (Wildman–Crippen LogP) is 8.60. The Morgan fingerprint density at radius 3 is 2.03 bits per heavy atom. The zero-order chi connectivity index (χ0) is 21.2. The summed E-state index contributed by atoms with van der Waals surface area (Å²) in [5.74, 6) is 2.74. The van der Waals surface area contributed by atoms with Crippen LogP contribution in [0.1, 0.15) is 107 Å². The highest BCUT2D eigenvalue weighted by molar-refractivity contribution is 5.34. The maximum atomic E-state index is 13.9. The molecule has 3 rings (SSSR count). The van der Waals surface area contributed by atoms with Gasteiger partial charge < -0.3 is 0 Å². The number of nitriles is 1. The van der Waals surface area contributed by atoms with Crippen molar-refractivity contribution in [2.45, 2.75) is 95.8 Å². The van der Waals surface area contributed by atoms with E-state index >= 15 is 0 Å². The van der Waals surface area contributed by atoms with Gasteiger partial charge in [-0.25, -0.2) is 8.78 Å². The molecule has 0 saturated heterocycles. The molecule has 0 unspecified atom stereocenters. The maximum Gasteiger partial charge on any atom is 0.141 e. The molecule has 1 aromatic rings. The number of unbranched alkanes of at least 4 members (excludes halogenated alkanes) is 2. The highest BCUT2D eigenvalue weighted by Crippen LogP contribution is 2.40. The SMILES string of the molecule is N#Cc1ccc([C@H]2CC[C@H](CC[C@H]3CC[C@H](CCCCC=CF)CC3)CC2)cc1F. The van der Waals surface area contributed by atoms with Crippen molar-refractivity contribution in [3.05, 3.63) is 47.5 Å². The van der Waals surface area contributed by atoms with Gasteiger partial charge in [0.25, 0.3) is 0 Å². The molecule has 2 saturated carbocycles. The van der Waals surface area contributed by atoms with Gasteiger partial charge in [0.2, 0.25) is 0 Å². The largest absolute Gasteiger partial charge is 0.216 e. The molecule has 0 amide bonds. The Labute approximate surface area is 181 Å². The van der Waals surface area contributed by atoms with E-state index < -0.39 is 0 Å². The van der Waals surface area contributed by atoms with Gasteiger partial charge in [-0.15, -0.1) is 0 Å². The Balaban J connectivity index is 1.30. The third-order valence-corrected chi connectivity index (χ3v) is 7.70. The lowest BCUT2D eigenvalue weighted by Gasteiger charge is -2.32. The molecule has 1 nitrogen and oxygen atoms in total. The second-order valence-corrected chi connectivity index (χ2v) is 9.68. The van der Waals surface area contributed by atoms with Crippen LogP contribution in [0.4, 0.5) is 8.78 Å². The molecule has 30 heavy (non-hydrogen) atoms. The number of benzene rings is 1. The second kappa shape index (κ2) is 12.2. The molecular formula is C27H37F2N. The summed E-state index contributed by atoms with van der Waals surface area (Å²) in [5.41, 5.74) is 1.22. The number of nitrogens with zero attached hydrogens (tertiary/aromatic N) is 1. The summed E-state index contributed by atoms with van der Waals surface area (Å²) >= 11 is 0. The Morgan fingerprint density at radius 1 is 0.867 bits per heavy atom. The van der Waals surface area contributed by atoms with Crippen LogP contribution < -0.4 is 0 Å². The molecule has 0 spiro atoms. The predicted molar refractivity (Wildman–Crippen MR) is 119 cm³/mol. The number of rotatable bonds is 9. The highest BCUT2D eigenvalue weighted by atomic mass is 19.1. The van der Waals surface area contributed by atoms with Gasteiger partial charge in [0.05, 0.1) is 11.9 Å².